The van der Waals surface area contributed by atoms with Crippen LogP contribution < -0.4 is 5.32 Å². The lowest BCUT2D eigenvalue weighted by atomic mass is 9.89. The molecule has 0 saturated heterocycles. The second-order valence-corrected chi connectivity index (χ2v) is 5.54. The van der Waals surface area contributed by atoms with Crippen LogP contribution in [0.25, 0.3) is 0 Å². The van der Waals surface area contributed by atoms with Gasteiger partial charge in [0, 0.05) is 12.0 Å². The Morgan fingerprint density at radius 3 is 2.56 bits per heavy atom. The number of benzene rings is 1. The molecule has 2 unspecified atom stereocenters. The van der Waals surface area contributed by atoms with Gasteiger partial charge in [-0.25, -0.2) is 17.6 Å². The first kappa shape index (κ1) is 13.6. The van der Waals surface area contributed by atoms with Gasteiger partial charge in [0.2, 0.25) is 5.79 Å². The first-order valence-electron chi connectivity index (χ1n) is 5.22. The van der Waals surface area contributed by atoms with Crippen LogP contribution >= 0.6 is 22.6 Å². The van der Waals surface area contributed by atoms with E-state index in [0.29, 0.717) is 0 Å². The molecule has 0 amide bonds. The second-order valence-electron chi connectivity index (χ2n) is 4.46. The maximum Gasteiger partial charge on any atom is 0.212 e. The number of alkyl halides is 2. The molecule has 0 spiro atoms. The van der Waals surface area contributed by atoms with Crippen molar-refractivity contribution < 1.29 is 17.6 Å². The molecule has 1 aliphatic heterocycles. The van der Waals surface area contributed by atoms with Crippen molar-refractivity contribution >= 4 is 22.6 Å². The third kappa shape index (κ3) is 2.34. The van der Waals surface area contributed by atoms with Crippen LogP contribution in [0.3, 0.4) is 0 Å². The van der Waals surface area contributed by atoms with Crippen molar-refractivity contribution in [3.05, 3.63) is 45.2 Å². The van der Waals surface area contributed by atoms with Crippen LogP contribution in [-0.2, 0) is 5.79 Å². The largest absolute Gasteiger partial charge is 0.356 e. The molecule has 0 aromatic heterocycles. The average Bonchev–Trinajstić information content (AvgIpc) is 2.23. The highest BCUT2D eigenvalue weighted by molar-refractivity contribution is 14.1. The van der Waals surface area contributed by atoms with E-state index in [4.69, 9.17) is 0 Å². The normalized spacial score (nSPS) is 31.2. The molecular formula is C12H10F4IN. The SMILES string of the molecule is CC1(F)C=CNC(F)(c2ccc(F)c(I)c2F)C1. The minimum Gasteiger partial charge on any atom is -0.356 e. The third-order valence-corrected chi connectivity index (χ3v) is 3.78. The molecule has 1 aliphatic rings. The molecule has 0 aliphatic carbocycles. The Balaban J connectivity index is 2.49. The zero-order valence-corrected chi connectivity index (χ0v) is 11.6. The van der Waals surface area contributed by atoms with Gasteiger partial charge in [-0.05, 0) is 53.9 Å². The fraction of sp³-hybridized carbons (Fsp3) is 0.333. The maximum absolute atomic E-state index is 14.6. The molecule has 2 rings (SSSR count). The first-order chi connectivity index (χ1) is 8.25. The van der Waals surface area contributed by atoms with Crippen molar-refractivity contribution in [1.82, 2.24) is 5.32 Å². The molecule has 0 saturated carbocycles. The van der Waals surface area contributed by atoms with Crippen molar-refractivity contribution in [2.45, 2.75) is 24.8 Å². The molecule has 1 heterocycles. The monoisotopic (exact) mass is 371 g/mol. The summed E-state index contributed by atoms with van der Waals surface area (Å²) in [5.41, 5.74) is -2.27. The third-order valence-electron chi connectivity index (χ3n) is 2.79. The molecule has 1 aromatic rings. The van der Waals surface area contributed by atoms with Crippen LogP contribution in [0.4, 0.5) is 17.6 Å². The van der Waals surface area contributed by atoms with Crippen LogP contribution in [-0.4, -0.2) is 5.67 Å². The summed E-state index contributed by atoms with van der Waals surface area (Å²) in [5, 5.41) is 2.30. The predicted molar refractivity (Wildman–Crippen MR) is 68.3 cm³/mol. The number of hydrogen-bond acceptors (Lipinski definition) is 1. The number of hydrogen-bond donors (Lipinski definition) is 1. The van der Waals surface area contributed by atoms with Gasteiger partial charge in [0.1, 0.15) is 17.3 Å². The molecule has 1 N–H and O–H groups in total. The average molecular weight is 371 g/mol. The lowest BCUT2D eigenvalue weighted by Crippen LogP contribution is -2.44. The van der Waals surface area contributed by atoms with E-state index in [-0.39, 0.29) is 9.13 Å². The topological polar surface area (TPSA) is 12.0 Å². The lowest BCUT2D eigenvalue weighted by Gasteiger charge is -2.35. The number of halogens is 5. The highest BCUT2D eigenvalue weighted by atomic mass is 127. The van der Waals surface area contributed by atoms with Crippen molar-refractivity contribution in [2.75, 3.05) is 0 Å². The van der Waals surface area contributed by atoms with Gasteiger partial charge in [0.15, 0.2) is 0 Å². The number of rotatable bonds is 1. The van der Waals surface area contributed by atoms with Gasteiger partial charge in [-0.3, -0.25) is 0 Å². The quantitative estimate of drug-likeness (QED) is 0.342. The Morgan fingerprint density at radius 1 is 1.28 bits per heavy atom. The van der Waals surface area contributed by atoms with Crippen molar-refractivity contribution in [3.63, 3.8) is 0 Å². The van der Waals surface area contributed by atoms with Crippen LogP contribution in [0, 0.1) is 15.2 Å². The summed E-state index contributed by atoms with van der Waals surface area (Å²) >= 11 is 1.45. The molecule has 1 nitrogen and oxygen atoms in total. The van der Waals surface area contributed by atoms with E-state index in [2.05, 4.69) is 5.32 Å². The molecular weight excluding hydrogens is 361 g/mol. The summed E-state index contributed by atoms with van der Waals surface area (Å²) in [6.07, 6.45) is 1.70. The van der Waals surface area contributed by atoms with Crippen molar-refractivity contribution in [2.24, 2.45) is 0 Å². The molecule has 6 heteroatoms. The summed E-state index contributed by atoms with van der Waals surface area (Å²) in [5.74, 6) is -4.15. The van der Waals surface area contributed by atoms with Gasteiger partial charge in [-0.15, -0.1) is 0 Å². The van der Waals surface area contributed by atoms with E-state index in [1.54, 1.807) is 0 Å². The smallest absolute Gasteiger partial charge is 0.212 e. The fourth-order valence-corrected chi connectivity index (χ4v) is 2.41. The summed E-state index contributed by atoms with van der Waals surface area (Å²) in [7, 11) is 0. The van der Waals surface area contributed by atoms with Crippen molar-refractivity contribution in [3.8, 4) is 0 Å². The van der Waals surface area contributed by atoms with Gasteiger partial charge in [0.25, 0.3) is 0 Å². The molecule has 2 atom stereocenters. The predicted octanol–water partition coefficient (Wildman–Crippen LogP) is 3.93. The van der Waals surface area contributed by atoms with E-state index in [0.717, 1.165) is 24.4 Å². The zero-order chi connectivity index (χ0) is 13.6. The summed E-state index contributed by atoms with van der Waals surface area (Å²) in [4.78, 5) is 0. The van der Waals surface area contributed by atoms with Crippen LogP contribution in [0.5, 0.6) is 0 Å². The van der Waals surface area contributed by atoms with Crippen LogP contribution in [0.15, 0.2) is 24.4 Å². The fourth-order valence-electron chi connectivity index (χ4n) is 1.94. The highest BCUT2D eigenvalue weighted by Gasteiger charge is 2.43. The van der Waals surface area contributed by atoms with E-state index >= 15 is 0 Å². The first-order valence-corrected chi connectivity index (χ1v) is 6.30. The number of allylic oxidation sites excluding steroid dienone is 1. The Kier molecular flexibility index (Phi) is 3.33. The van der Waals surface area contributed by atoms with Gasteiger partial charge in [0.05, 0.1) is 3.57 Å². The maximum atomic E-state index is 14.6. The Bertz CT molecular complexity index is 515. The minimum atomic E-state index is -2.38. The molecule has 18 heavy (non-hydrogen) atoms. The molecule has 0 fully saturated rings. The van der Waals surface area contributed by atoms with Gasteiger partial charge >= 0.3 is 0 Å². The molecule has 0 bridgehead atoms. The summed E-state index contributed by atoms with van der Waals surface area (Å²) in [6, 6.07) is 1.96. The van der Waals surface area contributed by atoms with E-state index in [1.165, 1.54) is 29.5 Å². The summed E-state index contributed by atoms with van der Waals surface area (Å²) < 4.78 is 55.1. The van der Waals surface area contributed by atoms with E-state index in [9.17, 15) is 17.6 Å². The molecule has 98 valence electrons. The Morgan fingerprint density at radius 2 is 1.94 bits per heavy atom. The van der Waals surface area contributed by atoms with E-state index in [1.807, 2.05) is 0 Å². The standard InChI is InChI=1S/C12H10F4IN/c1-11(15)4-5-18-12(16,6-11)7-2-3-8(13)10(17)9(7)14/h2-5,18H,6H2,1H3. The molecule has 0 radical (unpaired) electrons. The zero-order valence-electron chi connectivity index (χ0n) is 9.41. The van der Waals surface area contributed by atoms with Gasteiger partial charge in [-0.1, -0.05) is 0 Å². The van der Waals surface area contributed by atoms with E-state index < -0.39 is 29.5 Å². The minimum absolute atomic E-state index is 0.306. The van der Waals surface area contributed by atoms with Crippen LogP contribution in [0.2, 0.25) is 0 Å². The van der Waals surface area contributed by atoms with Gasteiger partial charge < -0.3 is 5.32 Å². The molecule has 1 aromatic carbocycles. The van der Waals surface area contributed by atoms with Crippen molar-refractivity contribution in [1.29, 1.82) is 0 Å². The van der Waals surface area contributed by atoms with Gasteiger partial charge in [-0.2, -0.15) is 0 Å². The highest BCUT2D eigenvalue weighted by Crippen LogP contribution is 2.39. The Labute approximate surface area is 115 Å². The number of nitrogens with one attached hydrogen (secondary N) is 1. The van der Waals surface area contributed by atoms with Crippen LogP contribution in [0.1, 0.15) is 18.9 Å². The lowest BCUT2D eigenvalue weighted by molar-refractivity contribution is 0.0429. The Hall–Kier alpha value is -0.790. The summed E-state index contributed by atoms with van der Waals surface area (Å²) in [6.45, 7) is 1.20. The second kappa shape index (κ2) is 4.40.